The summed E-state index contributed by atoms with van der Waals surface area (Å²) >= 11 is 7.06. The molecule has 11 heteroatoms. The molecule has 1 aliphatic heterocycles. The summed E-state index contributed by atoms with van der Waals surface area (Å²) < 4.78 is 33.6. The second-order valence-electron chi connectivity index (χ2n) is 6.61. The molecule has 0 saturated carbocycles. The zero-order valence-electron chi connectivity index (χ0n) is 15.4. The zero-order chi connectivity index (χ0) is 20.9. The van der Waals surface area contributed by atoms with Crippen molar-refractivity contribution in [2.45, 2.75) is 6.10 Å². The zero-order valence-corrected chi connectivity index (χ0v) is 17.8. The molecule has 1 aliphatic rings. The van der Waals surface area contributed by atoms with Crippen molar-refractivity contribution in [1.82, 2.24) is 4.57 Å². The van der Waals surface area contributed by atoms with Crippen molar-refractivity contribution in [3.05, 3.63) is 51.1 Å². The number of sulfonamides is 1. The predicted octanol–water partition coefficient (Wildman–Crippen LogP) is 2.42. The molecule has 152 valence electrons. The Kier molecular flexibility index (Phi) is 4.80. The summed E-state index contributed by atoms with van der Waals surface area (Å²) in [5.74, 6) is -0.246. The number of ether oxygens (including phenoxy) is 1. The maximum absolute atomic E-state index is 12.8. The van der Waals surface area contributed by atoms with Crippen LogP contribution in [-0.2, 0) is 21.9 Å². The van der Waals surface area contributed by atoms with E-state index in [0.29, 0.717) is 16.4 Å². The quantitative estimate of drug-likeness (QED) is 0.656. The van der Waals surface area contributed by atoms with Gasteiger partial charge in [-0.1, -0.05) is 22.9 Å². The van der Waals surface area contributed by atoms with Gasteiger partial charge in [0.05, 0.1) is 28.7 Å². The van der Waals surface area contributed by atoms with Gasteiger partial charge in [0.15, 0.2) is 6.10 Å². The highest BCUT2D eigenvalue weighted by Gasteiger charge is 2.35. The lowest BCUT2D eigenvalue weighted by molar-refractivity contribution is -0.122. The number of hydrogen-bond donors (Lipinski definition) is 1. The first-order valence-electron chi connectivity index (χ1n) is 8.48. The molecule has 2 heterocycles. The van der Waals surface area contributed by atoms with E-state index in [1.54, 1.807) is 31.3 Å². The molecule has 0 unspecified atom stereocenters. The Labute approximate surface area is 175 Å². The van der Waals surface area contributed by atoms with Crippen LogP contribution in [-0.4, -0.2) is 37.8 Å². The van der Waals surface area contributed by atoms with E-state index in [2.05, 4.69) is 5.32 Å². The van der Waals surface area contributed by atoms with Gasteiger partial charge in [-0.05, 0) is 36.4 Å². The molecular formula is C18H16ClN3O5S2. The van der Waals surface area contributed by atoms with E-state index in [9.17, 15) is 18.0 Å². The van der Waals surface area contributed by atoms with Crippen molar-refractivity contribution >= 4 is 60.5 Å². The molecule has 0 fully saturated rings. The Bertz CT molecular complexity index is 1300. The van der Waals surface area contributed by atoms with E-state index in [0.717, 1.165) is 32.1 Å². The highest BCUT2D eigenvalue weighted by molar-refractivity contribution is 7.92. The number of aryl methyl sites for hydroxylation is 1. The minimum Gasteiger partial charge on any atom is -0.476 e. The minimum absolute atomic E-state index is 0.0989. The van der Waals surface area contributed by atoms with Crippen LogP contribution in [0.5, 0.6) is 5.75 Å². The third-order valence-corrected chi connectivity index (χ3v) is 6.92. The molecule has 1 aromatic heterocycles. The fourth-order valence-corrected chi connectivity index (χ4v) is 5.10. The number of fused-ring (bicyclic) bond motifs is 2. The first kappa shape index (κ1) is 19.7. The monoisotopic (exact) mass is 453 g/mol. The summed E-state index contributed by atoms with van der Waals surface area (Å²) in [4.78, 5) is 24.5. The Morgan fingerprint density at radius 2 is 2.03 bits per heavy atom. The number of aromatic nitrogens is 1. The van der Waals surface area contributed by atoms with E-state index in [1.165, 1.54) is 16.7 Å². The molecule has 0 spiro atoms. The Morgan fingerprint density at radius 1 is 1.28 bits per heavy atom. The number of thiazole rings is 1. The largest absolute Gasteiger partial charge is 0.476 e. The molecule has 4 rings (SSSR count). The van der Waals surface area contributed by atoms with Crippen LogP contribution in [0.15, 0.2) is 41.2 Å². The van der Waals surface area contributed by atoms with Crippen LogP contribution in [0.1, 0.15) is 0 Å². The molecule has 0 saturated heterocycles. The highest BCUT2D eigenvalue weighted by atomic mass is 35.5. The van der Waals surface area contributed by atoms with Crippen LogP contribution in [0, 0.1) is 0 Å². The first-order valence-corrected chi connectivity index (χ1v) is 11.5. The second-order valence-corrected chi connectivity index (χ2v) is 9.95. The van der Waals surface area contributed by atoms with E-state index in [-0.39, 0.29) is 17.2 Å². The number of hydrogen-bond acceptors (Lipinski definition) is 6. The Morgan fingerprint density at radius 3 is 2.76 bits per heavy atom. The van der Waals surface area contributed by atoms with Crippen LogP contribution >= 0.6 is 22.9 Å². The van der Waals surface area contributed by atoms with E-state index in [1.807, 2.05) is 0 Å². The summed E-state index contributed by atoms with van der Waals surface area (Å²) in [7, 11) is -1.97. The lowest BCUT2D eigenvalue weighted by atomic mass is 10.2. The molecule has 1 atom stereocenters. The molecule has 3 aromatic rings. The van der Waals surface area contributed by atoms with Crippen molar-refractivity contribution < 1.29 is 17.9 Å². The number of benzene rings is 2. The van der Waals surface area contributed by atoms with Crippen molar-refractivity contribution in [3.8, 4) is 5.75 Å². The van der Waals surface area contributed by atoms with Crippen LogP contribution in [0.2, 0.25) is 5.02 Å². The van der Waals surface area contributed by atoms with E-state index >= 15 is 0 Å². The van der Waals surface area contributed by atoms with Gasteiger partial charge in [0.2, 0.25) is 10.0 Å². The molecule has 0 radical (unpaired) electrons. The second kappa shape index (κ2) is 7.05. The molecule has 29 heavy (non-hydrogen) atoms. The third kappa shape index (κ3) is 3.70. The van der Waals surface area contributed by atoms with Crippen molar-refractivity contribution in [3.63, 3.8) is 0 Å². The van der Waals surface area contributed by atoms with Gasteiger partial charge in [-0.15, -0.1) is 0 Å². The van der Waals surface area contributed by atoms with Crippen LogP contribution < -0.4 is 19.2 Å². The van der Waals surface area contributed by atoms with Gasteiger partial charge in [0, 0.05) is 17.8 Å². The molecular weight excluding hydrogens is 438 g/mol. The lowest BCUT2D eigenvalue weighted by Crippen LogP contribution is -2.48. The predicted molar refractivity (Wildman–Crippen MR) is 114 cm³/mol. The SMILES string of the molecule is Cn1c(=O)sc2cc(NC(=O)[C@@H]3CN(S(C)(=O)=O)c4cc(Cl)ccc4O3)ccc21. The summed E-state index contributed by atoms with van der Waals surface area (Å²) in [5, 5.41) is 3.09. The maximum Gasteiger partial charge on any atom is 0.307 e. The molecule has 1 N–H and O–H groups in total. The van der Waals surface area contributed by atoms with Crippen LogP contribution in [0.4, 0.5) is 11.4 Å². The Balaban J connectivity index is 1.62. The number of carbonyl (C=O) groups is 1. The van der Waals surface area contributed by atoms with Crippen molar-refractivity contribution in [1.29, 1.82) is 0 Å². The Hall–Kier alpha value is -2.56. The number of carbonyl (C=O) groups excluding carboxylic acids is 1. The van der Waals surface area contributed by atoms with Gasteiger partial charge in [0.1, 0.15) is 5.75 Å². The topological polar surface area (TPSA) is 97.7 Å². The average Bonchev–Trinajstić information content (AvgIpc) is 2.93. The van der Waals surface area contributed by atoms with Gasteiger partial charge >= 0.3 is 4.87 Å². The van der Waals surface area contributed by atoms with Gasteiger partial charge < -0.3 is 14.6 Å². The fraction of sp³-hybridized carbons (Fsp3) is 0.222. The maximum atomic E-state index is 12.8. The van der Waals surface area contributed by atoms with Crippen LogP contribution in [0.3, 0.4) is 0 Å². The summed E-state index contributed by atoms with van der Waals surface area (Å²) in [6.45, 7) is -0.182. The fourth-order valence-electron chi connectivity index (χ4n) is 3.11. The molecule has 1 amide bonds. The molecule has 2 aromatic carbocycles. The van der Waals surface area contributed by atoms with E-state index in [4.69, 9.17) is 16.3 Å². The summed E-state index contributed by atoms with van der Waals surface area (Å²) in [6.07, 6.45) is 0.00652. The van der Waals surface area contributed by atoms with Crippen molar-refractivity contribution in [2.24, 2.45) is 7.05 Å². The first-order chi connectivity index (χ1) is 13.6. The third-order valence-electron chi connectivity index (χ3n) is 4.54. The molecule has 0 aliphatic carbocycles. The number of halogens is 1. The average molecular weight is 454 g/mol. The van der Waals surface area contributed by atoms with Gasteiger partial charge in [-0.2, -0.15) is 0 Å². The number of amides is 1. The van der Waals surface area contributed by atoms with Gasteiger partial charge in [-0.25, -0.2) is 8.42 Å². The smallest absolute Gasteiger partial charge is 0.307 e. The number of nitrogens with one attached hydrogen (secondary N) is 1. The number of rotatable bonds is 3. The normalized spacial score (nSPS) is 16.4. The minimum atomic E-state index is -3.65. The molecule has 0 bridgehead atoms. The summed E-state index contributed by atoms with van der Waals surface area (Å²) in [6, 6.07) is 9.69. The molecule has 8 nitrogen and oxygen atoms in total. The number of anilines is 2. The van der Waals surface area contributed by atoms with Crippen molar-refractivity contribution in [2.75, 3.05) is 22.4 Å². The van der Waals surface area contributed by atoms with Crippen LogP contribution in [0.25, 0.3) is 10.2 Å². The van der Waals surface area contributed by atoms with Gasteiger partial charge in [0.25, 0.3) is 5.91 Å². The highest BCUT2D eigenvalue weighted by Crippen LogP contribution is 2.37. The standard InChI is InChI=1S/C18H16ClN3O5S2/c1-21-12-5-4-11(8-16(12)28-18(21)24)20-17(23)15-9-22(29(2,25)26)13-7-10(19)3-6-14(13)27-15/h3-8,15H,9H2,1-2H3,(H,20,23)/t15-/m0/s1. The lowest BCUT2D eigenvalue weighted by Gasteiger charge is -2.34. The van der Waals surface area contributed by atoms with E-state index < -0.39 is 22.0 Å². The number of nitrogens with zero attached hydrogens (tertiary/aromatic N) is 2. The summed E-state index contributed by atoms with van der Waals surface area (Å²) in [5.41, 5.74) is 1.54. The van der Waals surface area contributed by atoms with Gasteiger partial charge in [-0.3, -0.25) is 13.9 Å².